The third kappa shape index (κ3) is 6.22. The normalized spacial score (nSPS) is 12.4. The fourth-order valence-electron chi connectivity index (χ4n) is 2.03. The Hall–Kier alpha value is -2.81. The lowest BCUT2D eigenvalue weighted by atomic mass is 10.0. The van der Waals surface area contributed by atoms with E-state index in [0.717, 1.165) is 5.56 Å². The number of hydrogen-bond donors (Lipinski definition) is 2. The number of hydrogen-bond acceptors (Lipinski definition) is 4. The van der Waals surface area contributed by atoms with Crippen molar-refractivity contribution in [2.75, 3.05) is 7.11 Å². The standard InChI is InChI=1S/C17H20N2O4/c1-4-8-14(17(22)23-3)19-16(21)15(18-12(2)20)11-13-9-6-5-7-10-13/h1,5-7,9-10,14-15H,8,11H2,2-3H3,(H,18,20)(H,19,21)/t14-,15-/m1/s1. The minimum atomic E-state index is -0.940. The largest absolute Gasteiger partial charge is 0.467 e. The molecule has 2 atom stereocenters. The Kier molecular flexibility index (Phi) is 7.34. The summed E-state index contributed by atoms with van der Waals surface area (Å²) in [6.07, 6.45) is 5.51. The highest BCUT2D eigenvalue weighted by atomic mass is 16.5. The zero-order valence-electron chi connectivity index (χ0n) is 13.2. The summed E-state index contributed by atoms with van der Waals surface area (Å²) in [5, 5.41) is 5.10. The third-order valence-corrected chi connectivity index (χ3v) is 3.10. The maximum Gasteiger partial charge on any atom is 0.329 e. The van der Waals surface area contributed by atoms with Crippen LogP contribution in [0.5, 0.6) is 0 Å². The number of amides is 2. The highest BCUT2D eigenvalue weighted by molar-refractivity contribution is 5.90. The summed E-state index contributed by atoms with van der Waals surface area (Å²) in [4.78, 5) is 35.3. The van der Waals surface area contributed by atoms with Crippen LogP contribution in [0, 0.1) is 12.3 Å². The molecule has 0 spiro atoms. The number of nitrogens with one attached hydrogen (secondary N) is 2. The van der Waals surface area contributed by atoms with Crippen molar-refractivity contribution in [3.05, 3.63) is 35.9 Å². The van der Waals surface area contributed by atoms with Gasteiger partial charge < -0.3 is 15.4 Å². The molecule has 1 aromatic rings. The Balaban J connectivity index is 2.84. The van der Waals surface area contributed by atoms with Crippen LogP contribution in [0.25, 0.3) is 0 Å². The van der Waals surface area contributed by atoms with E-state index in [0.29, 0.717) is 6.42 Å². The molecule has 0 aliphatic rings. The number of benzene rings is 1. The van der Waals surface area contributed by atoms with Crippen LogP contribution >= 0.6 is 0 Å². The van der Waals surface area contributed by atoms with Gasteiger partial charge in [0.15, 0.2) is 0 Å². The molecule has 0 saturated carbocycles. The molecule has 0 unspecified atom stereocenters. The van der Waals surface area contributed by atoms with Crippen molar-refractivity contribution in [2.45, 2.75) is 31.8 Å². The van der Waals surface area contributed by atoms with Crippen molar-refractivity contribution in [3.8, 4) is 12.3 Å². The molecule has 1 rings (SSSR count). The van der Waals surface area contributed by atoms with Crippen molar-refractivity contribution in [3.63, 3.8) is 0 Å². The Bertz CT molecular complexity index is 592. The van der Waals surface area contributed by atoms with E-state index in [1.807, 2.05) is 30.3 Å². The highest BCUT2D eigenvalue weighted by Crippen LogP contribution is 2.05. The second kappa shape index (κ2) is 9.26. The van der Waals surface area contributed by atoms with Gasteiger partial charge in [0.1, 0.15) is 12.1 Å². The highest BCUT2D eigenvalue weighted by Gasteiger charge is 2.26. The Morgan fingerprint density at radius 1 is 1.17 bits per heavy atom. The van der Waals surface area contributed by atoms with Crippen LogP contribution in [-0.2, 0) is 25.5 Å². The molecule has 0 radical (unpaired) electrons. The van der Waals surface area contributed by atoms with Gasteiger partial charge in [0, 0.05) is 19.8 Å². The lowest BCUT2D eigenvalue weighted by molar-refractivity contribution is -0.145. The van der Waals surface area contributed by atoms with Gasteiger partial charge in [-0.25, -0.2) is 4.79 Å². The molecule has 0 bridgehead atoms. The lowest BCUT2D eigenvalue weighted by Gasteiger charge is -2.21. The molecule has 0 aliphatic carbocycles. The predicted molar refractivity (Wildman–Crippen MR) is 85.1 cm³/mol. The number of carbonyl (C=O) groups excluding carboxylic acids is 3. The zero-order chi connectivity index (χ0) is 17.2. The topological polar surface area (TPSA) is 84.5 Å². The van der Waals surface area contributed by atoms with E-state index in [1.54, 1.807) is 0 Å². The molecular weight excluding hydrogens is 296 g/mol. The van der Waals surface area contributed by atoms with Gasteiger partial charge in [-0.2, -0.15) is 0 Å². The first-order chi connectivity index (χ1) is 11.0. The minimum Gasteiger partial charge on any atom is -0.467 e. The third-order valence-electron chi connectivity index (χ3n) is 3.10. The van der Waals surface area contributed by atoms with Gasteiger partial charge >= 0.3 is 5.97 Å². The van der Waals surface area contributed by atoms with Crippen LogP contribution < -0.4 is 10.6 Å². The van der Waals surface area contributed by atoms with E-state index in [-0.39, 0.29) is 12.3 Å². The Labute approximate surface area is 135 Å². The molecule has 2 N–H and O–H groups in total. The average molecular weight is 316 g/mol. The zero-order valence-corrected chi connectivity index (χ0v) is 13.2. The predicted octanol–water partition coefficient (Wildman–Crippen LogP) is 0.415. The summed E-state index contributed by atoms with van der Waals surface area (Å²) in [7, 11) is 1.22. The smallest absolute Gasteiger partial charge is 0.329 e. The molecule has 122 valence electrons. The number of carbonyl (C=O) groups is 3. The Morgan fingerprint density at radius 2 is 1.83 bits per heavy atom. The van der Waals surface area contributed by atoms with Crippen molar-refractivity contribution in [2.24, 2.45) is 0 Å². The molecule has 0 aliphatic heterocycles. The van der Waals surface area contributed by atoms with Gasteiger partial charge in [-0.1, -0.05) is 30.3 Å². The van der Waals surface area contributed by atoms with Crippen LogP contribution in [0.3, 0.4) is 0 Å². The maximum atomic E-state index is 12.4. The van der Waals surface area contributed by atoms with Crippen molar-refractivity contribution >= 4 is 17.8 Å². The first kappa shape index (κ1) is 18.2. The minimum absolute atomic E-state index is 0.0105. The molecular formula is C17H20N2O4. The fourth-order valence-corrected chi connectivity index (χ4v) is 2.03. The SMILES string of the molecule is C#CC[C@@H](NC(=O)[C@@H](Cc1ccccc1)NC(C)=O)C(=O)OC. The van der Waals surface area contributed by atoms with Crippen LogP contribution in [0.15, 0.2) is 30.3 Å². The number of rotatable bonds is 7. The second-order valence-corrected chi connectivity index (χ2v) is 4.94. The molecule has 0 aromatic heterocycles. The number of methoxy groups -OCH3 is 1. The summed E-state index contributed by atoms with van der Waals surface area (Å²) < 4.78 is 4.61. The second-order valence-electron chi connectivity index (χ2n) is 4.94. The summed E-state index contributed by atoms with van der Waals surface area (Å²) >= 11 is 0. The monoisotopic (exact) mass is 316 g/mol. The van der Waals surface area contributed by atoms with Gasteiger partial charge in [-0.15, -0.1) is 12.3 Å². The van der Waals surface area contributed by atoms with Gasteiger partial charge in [0.25, 0.3) is 0 Å². The van der Waals surface area contributed by atoms with E-state index >= 15 is 0 Å². The molecule has 2 amide bonds. The maximum absolute atomic E-state index is 12.4. The Morgan fingerprint density at radius 3 is 2.35 bits per heavy atom. The fraction of sp³-hybridized carbons (Fsp3) is 0.353. The van der Waals surface area contributed by atoms with Crippen LogP contribution in [-0.4, -0.2) is 37.0 Å². The summed E-state index contributed by atoms with van der Waals surface area (Å²) in [6, 6.07) is 7.49. The number of ether oxygens (including phenoxy) is 1. The van der Waals surface area contributed by atoms with Crippen molar-refractivity contribution in [1.29, 1.82) is 0 Å². The number of terminal acetylenes is 1. The summed E-state index contributed by atoms with van der Waals surface area (Å²) in [6.45, 7) is 1.32. The van der Waals surface area contributed by atoms with E-state index in [2.05, 4.69) is 21.3 Å². The van der Waals surface area contributed by atoms with Gasteiger partial charge in [-0.3, -0.25) is 9.59 Å². The van der Waals surface area contributed by atoms with E-state index < -0.39 is 24.0 Å². The first-order valence-corrected chi connectivity index (χ1v) is 7.10. The van der Waals surface area contributed by atoms with Gasteiger partial charge in [-0.05, 0) is 5.56 Å². The van der Waals surface area contributed by atoms with Gasteiger partial charge in [0.2, 0.25) is 11.8 Å². The van der Waals surface area contributed by atoms with Crippen molar-refractivity contribution < 1.29 is 19.1 Å². The molecule has 1 aromatic carbocycles. The van der Waals surface area contributed by atoms with E-state index in [9.17, 15) is 14.4 Å². The van der Waals surface area contributed by atoms with Crippen molar-refractivity contribution in [1.82, 2.24) is 10.6 Å². The molecule has 0 fully saturated rings. The molecule has 6 nitrogen and oxygen atoms in total. The summed E-state index contributed by atoms with van der Waals surface area (Å²) in [5.74, 6) is 0.856. The quantitative estimate of drug-likeness (QED) is 0.564. The molecule has 0 heterocycles. The van der Waals surface area contributed by atoms with Gasteiger partial charge in [0.05, 0.1) is 7.11 Å². The molecule has 23 heavy (non-hydrogen) atoms. The van der Waals surface area contributed by atoms with Crippen LogP contribution in [0.2, 0.25) is 0 Å². The van der Waals surface area contributed by atoms with Crippen LogP contribution in [0.4, 0.5) is 0 Å². The van der Waals surface area contributed by atoms with E-state index in [1.165, 1.54) is 14.0 Å². The first-order valence-electron chi connectivity index (χ1n) is 7.10. The van der Waals surface area contributed by atoms with Crippen LogP contribution in [0.1, 0.15) is 18.9 Å². The molecule has 0 saturated heterocycles. The van der Waals surface area contributed by atoms with E-state index in [4.69, 9.17) is 6.42 Å². The average Bonchev–Trinajstić information content (AvgIpc) is 2.53. The lowest BCUT2D eigenvalue weighted by Crippen LogP contribution is -2.52. The number of esters is 1. The molecule has 6 heteroatoms. The summed E-state index contributed by atoms with van der Waals surface area (Å²) in [5.41, 5.74) is 0.882.